The van der Waals surface area contributed by atoms with Gasteiger partial charge in [0.05, 0.1) is 0 Å². The van der Waals surface area contributed by atoms with Crippen molar-refractivity contribution in [3.05, 3.63) is 33.1 Å². The number of hydrogen-bond acceptors (Lipinski definition) is 8. The summed E-state index contributed by atoms with van der Waals surface area (Å²) in [6.07, 6.45) is -1.40. The van der Waals surface area contributed by atoms with Gasteiger partial charge in [0.1, 0.15) is 24.9 Å². The second kappa shape index (κ2) is 6.24. The van der Waals surface area contributed by atoms with Gasteiger partial charge >= 0.3 is 11.7 Å². The number of esters is 1. The van der Waals surface area contributed by atoms with Crippen molar-refractivity contribution >= 4 is 5.97 Å². The number of ether oxygens (including phenoxy) is 5. The SMILES string of the molecule is COC1O[C@@H]2[C@H](O1)[C@@H](COC(C)=O)O[C@H]2n1ccc(=O)[nH]c1=O. The minimum Gasteiger partial charge on any atom is -0.463 e. The molecule has 5 atom stereocenters. The van der Waals surface area contributed by atoms with Crippen LogP contribution in [-0.2, 0) is 28.5 Å². The quantitative estimate of drug-likeness (QED) is 0.678. The van der Waals surface area contributed by atoms with Crippen LogP contribution in [0.25, 0.3) is 0 Å². The Morgan fingerprint density at radius 1 is 1.30 bits per heavy atom. The maximum atomic E-state index is 12.0. The summed E-state index contributed by atoms with van der Waals surface area (Å²) in [5, 5.41) is 0. The number of carbonyl (C=O) groups is 1. The summed E-state index contributed by atoms with van der Waals surface area (Å²) in [5.74, 6) is -0.461. The molecule has 10 nitrogen and oxygen atoms in total. The van der Waals surface area contributed by atoms with E-state index in [1.165, 1.54) is 30.9 Å². The van der Waals surface area contributed by atoms with Crippen molar-refractivity contribution < 1.29 is 28.5 Å². The molecule has 0 amide bonds. The van der Waals surface area contributed by atoms with E-state index in [1.54, 1.807) is 0 Å². The van der Waals surface area contributed by atoms with Crippen molar-refractivity contribution in [1.29, 1.82) is 0 Å². The Morgan fingerprint density at radius 2 is 2.04 bits per heavy atom. The van der Waals surface area contributed by atoms with E-state index < -0.39 is 48.2 Å². The third kappa shape index (κ3) is 3.06. The largest absolute Gasteiger partial charge is 0.463 e. The van der Waals surface area contributed by atoms with Gasteiger partial charge in [-0.2, -0.15) is 0 Å². The highest BCUT2D eigenvalue weighted by Gasteiger charge is 2.54. The van der Waals surface area contributed by atoms with Gasteiger partial charge in [0, 0.05) is 26.3 Å². The zero-order chi connectivity index (χ0) is 16.6. The molecule has 0 aliphatic carbocycles. The summed E-state index contributed by atoms with van der Waals surface area (Å²) in [6.45, 7) is 0.320. The lowest BCUT2D eigenvalue weighted by atomic mass is 10.1. The number of nitrogens with zero attached hydrogens (tertiary/aromatic N) is 1. The van der Waals surface area contributed by atoms with Crippen LogP contribution >= 0.6 is 0 Å². The van der Waals surface area contributed by atoms with Gasteiger partial charge in [0.25, 0.3) is 12.0 Å². The highest BCUT2D eigenvalue weighted by molar-refractivity contribution is 5.65. The third-order valence-corrected chi connectivity index (χ3v) is 3.59. The number of nitrogens with one attached hydrogen (secondary N) is 1. The van der Waals surface area contributed by atoms with Crippen LogP contribution in [0.1, 0.15) is 13.2 Å². The maximum absolute atomic E-state index is 12.0. The first-order chi connectivity index (χ1) is 11.0. The molecule has 0 aromatic carbocycles. The summed E-state index contributed by atoms with van der Waals surface area (Å²) in [7, 11) is 1.41. The molecule has 1 unspecified atom stereocenters. The fraction of sp³-hybridized carbons (Fsp3) is 0.615. The van der Waals surface area contributed by atoms with E-state index in [0.29, 0.717) is 0 Å². The Hall–Kier alpha value is -2.01. The number of fused-ring (bicyclic) bond motifs is 1. The molecule has 126 valence electrons. The van der Waals surface area contributed by atoms with E-state index in [4.69, 9.17) is 23.7 Å². The summed E-state index contributed by atoms with van der Waals surface area (Å²) in [4.78, 5) is 36.3. The minimum absolute atomic E-state index is 0.0507. The number of rotatable bonds is 4. The van der Waals surface area contributed by atoms with Gasteiger partial charge in [-0.25, -0.2) is 4.79 Å². The van der Waals surface area contributed by atoms with Gasteiger partial charge in [-0.15, -0.1) is 0 Å². The first-order valence-corrected chi connectivity index (χ1v) is 6.93. The lowest BCUT2D eigenvalue weighted by Gasteiger charge is -2.20. The Balaban J connectivity index is 1.86. The average molecular weight is 328 g/mol. The second-order valence-corrected chi connectivity index (χ2v) is 5.11. The highest BCUT2D eigenvalue weighted by atomic mass is 16.9. The molecule has 2 aliphatic heterocycles. The van der Waals surface area contributed by atoms with Crippen molar-refractivity contribution in [3.8, 4) is 0 Å². The standard InChI is InChI=1S/C13H16N2O8/c1-6(16)20-5-7-9-10(23-13(19-2)22-9)11(21-7)15-4-3-8(17)14-12(15)18/h3-4,7,9-11,13H,5H2,1-2H3,(H,14,17,18)/t7-,9-,10-,11-,13?/m1/s1. The van der Waals surface area contributed by atoms with Crippen LogP contribution in [0.3, 0.4) is 0 Å². The molecule has 0 saturated carbocycles. The third-order valence-electron chi connectivity index (χ3n) is 3.59. The van der Waals surface area contributed by atoms with Crippen molar-refractivity contribution in [2.75, 3.05) is 13.7 Å². The predicted molar refractivity (Wildman–Crippen MR) is 72.4 cm³/mol. The van der Waals surface area contributed by atoms with Crippen molar-refractivity contribution in [2.24, 2.45) is 0 Å². The Kier molecular flexibility index (Phi) is 4.31. The van der Waals surface area contributed by atoms with E-state index >= 15 is 0 Å². The summed E-state index contributed by atoms with van der Waals surface area (Å²) in [5.41, 5.74) is -1.16. The van der Waals surface area contributed by atoms with Crippen LogP contribution in [0.2, 0.25) is 0 Å². The molecule has 1 aromatic heterocycles. The smallest absolute Gasteiger partial charge is 0.330 e. The molecule has 2 saturated heterocycles. The highest BCUT2D eigenvalue weighted by Crippen LogP contribution is 2.38. The number of hydrogen-bond donors (Lipinski definition) is 1. The zero-order valence-corrected chi connectivity index (χ0v) is 12.5. The number of H-pyrrole nitrogens is 1. The zero-order valence-electron chi connectivity index (χ0n) is 12.5. The molecule has 0 spiro atoms. The lowest BCUT2D eigenvalue weighted by Crippen LogP contribution is -2.36. The normalized spacial score (nSPS) is 32.7. The van der Waals surface area contributed by atoms with Gasteiger partial charge in [0.2, 0.25) is 0 Å². The van der Waals surface area contributed by atoms with Gasteiger partial charge in [0.15, 0.2) is 6.23 Å². The maximum Gasteiger partial charge on any atom is 0.330 e. The fourth-order valence-corrected chi connectivity index (χ4v) is 2.60. The van der Waals surface area contributed by atoms with Crippen LogP contribution in [0.4, 0.5) is 0 Å². The molecule has 0 bridgehead atoms. The first-order valence-electron chi connectivity index (χ1n) is 6.93. The number of aromatic amines is 1. The molecule has 3 heterocycles. The van der Waals surface area contributed by atoms with E-state index in [-0.39, 0.29) is 6.61 Å². The molecular weight excluding hydrogens is 312 g/mol. The molecule has 3 rings (SSSR count). The summed E-state index contributed by atoms with van der Waals surface area (Å²) >= 11 is 0. The van der Waals surface area contributed by atoms with Crippen LogP contribution in [-0.4, -0.2) is 54.0 Å². The molecule has 2 fully saturated rings. The van der Waals surface area contributed by atoms with Gasteiger partial charge < -0.3 is 23.7 Å². The van der Waals surface area contributed by atoms with Gasteiger partial charge in [-0.1, -0.05) is 0 Å². The molecule has 23 heavy (non-hydrogen) atoms. The van der Waals surface area contributed by atoms with E-state index in [0.717, 1.165) is 0 Å². The molecule has 1 N–H and O–H groups in total. The summed E-state index contributed by atoms with van der Waals surface area (Å²) in [6, 6.07) is 1.20. The molecule has 1 aromatic rings. The van der Waals surface area contributed by atoms with Crippen LogP contribution in [0.5, 0.6) is 0 Å². The fourth-order valence-electron chi connectivity index (χ4n) is 2.60. The first kappa shape index (κ1) is 15.9. The topological polar surface area (TPSA) is 118 Å². The Morgan fingerprint density at radius 3 is 2.70 bits per heavy atom. The monoisotopic (exact) mass is 328 g/mol. The molecule has 10 heteroatoms. The van der Waals surface area contributed by atoms with E-state index in [9.17, 15) is 14.4 Å². The van der Waals surface area contributed by atoms with Crippen LogP contribution in [0, 0.1) is 0 Å². The Labute approximate surface area is 129 Å². The van der Waals surface area contributed by atoms with Crippen LogP contribution in [0.15, 0.2) is 21.9 Å². The second-order valence-electron chi connectivity index (χ2n) is 5.11. The predicted octanol–water partition coefficient (Wildman–Crippen LogP) is -1.29. The summed E-state index contributed by atoms with van der Waals surface area (Å²) < 4.78 is 28.0. The Bertz CT molecular complexity index is 698. The number of methoxy groups -OCH3 is 1. The molecular formula is C13H16N2O8. The number of aromatic nitrogens is 2. The van der Waals surface area contributed by atoms with Crippen molar-refractivity contribution in [2.45, 2.75) is 37.9 Å². The molecule has 0 radical (unpaired) electrons. The van der Waals surface area contributed by atoms with E-state index in [1.807, 2.05) is 0 Å². The molecule has 2 aliphatic rings. The van der Waals surface area contributed by atoms with Crippen molar-refractivity contribution in [1.82, 2.24) is 9.55 Å². The van der Waals surface area contributed by atoms with Gasteiger partial charge in [-0.3, -0.25) is 19.1 Å². The van der Waals surface area contributed by atoms with Gasteiger partial charge in [-0.05, 0) is 0 Å². The minimum atomic E-state index is -0.908. The van der Waals surface area contributed by atoms with Crippen LogP contribution < -0.4 is 11.2 Å². The average Bonchev–Trinajstić information content (AvgIpc) is 3.04. The van der Waals surface area contributed by atoms with E-state index in [2.05, 4.69) is 4.98 Å². The lowest BCUT2D eigenvalue weighted by molar-refractivity contribution is -0.257. The number of carbonyl (C=O) groups excluding carboxylic acids is 1. The van der Waals surface area contributed by atoms with Crippen molar-refractivity contribution in [3.63, 3.8) is 0 Å².